The van der Waals surface area contributed by atoms with Gasteiger partial charge in [0.2, 0.25) is 5.75 Å². The van der Waals surface area contributed by atoms with Gasteiger partial charge in [-0.2, -0.15) is 0 Å². The smallest absolute Gasteiger partial charge is 0.293 e. The second kappa shape index (κ2) is 4.55. The van der Waals surface area contributed by atoms with Crippen LogP contribution in [-0.2, 0) is 0 Å². The normalized spacial score (nSPS) is 10.1. The van der Waals surface area contributed by atoms with Gasteiger partial charge in [-0.25, -0.2) is 4.98 Å². The predicted molar refractivity (Wildman–Crippen MR) is 61.4 cm³/mol. The lowest BCUT2D eigenvalue weighted by molar-refractivity contribution is 0.472. The summed E-state index contributed by atoms with van der Waals surface area (Å²) in [5.41, 5.74) is -0.360. The molecular formula is C10H6Cl2N2O2. The van der Waals surface area contributed by atoms with Gasteiger partial charge in [0.05, 0.1) is 22.6 Å². The van der Waals surface area contributed by atoms with Crippen LogP contribution in [0.4, 0.5) is 0 Å². The molecule has 0 atom stereocenters. The van der Waals surface area contributed by atoms with E-state index in [1.165, 1.54) is 18.6 Å². The zero-order chi connectivity index (χ0) is 11.5. The van der Waals surface area contributed by atoms with Crippen LogP contribution in [0.3, 0.4) is 0 Å². The zero-order valence-electron chi connectivity index (χ0n) is 7.91. The zero-order valence-corrected chi connectivity index (χ0v) is 9.42. The van der Waals surface area contributed by atoms with Crippen LogP contribution in [0.25, 0.3) is 0 Å². The molecule has 1 aromatic heterocycles. The lowest BCUT2D eigenvalue weighted by Crippen LogP contribution is -2.08. The first-order valence-corrected chi connectivity index (χ1v) is 5.08. The highest BCUT2D eigenvalue weighted by atomic mass is 35.5. The number of nitrogens with one attached hydrogen (secondary N) is 1. The number of H-pyrrole nitrogens is 1. The Kier molecular flexibility index (Phi) is 3.12. The summed E-state index contributed by atoms with van der Waals surface area (Å²) in [6, 6.07) is 4.72. The van der Waals surface area contributed by atoms with E-state index in [0.717, 1.165) is 0 Å². The van der Waals surface area contributed by atoms with Crippen LogP contribution in [0.2, 0.25) is 10.0 Å². The van der Waals surface area contributed by atoms with E-state index in [-0.39, 0.29) is 11.3 Å². The van der Waals surface area contributed by atoms with E-state index in [1.807, 2.05) is 0 Å². The van der Waals surface area contributed by atoms with Crippen molar-refractivity contribution in [2.24, 2.45) is 0 Å². The standard InChI is InChI=1S/C10H6Cl2N2O2/c11-7-2-1-6(3-8(7)12)16-9-4-13-5-14-10(9)15/h1-5H,(H,13,14,15). The Morgan fingerprint density at radius 2 is 2.06 bits per heavy atom. The molecule has 0 unspecified atom stereocenters. The van der Waals surface area contributed by atoms with Crippen molar-refractivity contribution in [2.75, 3.05) is 0 Å². The highest BCUT2D eigenvalue weighted by molar-refractivity contribution is 6.42. The minimum atomic E-state index is -0.360. The van der Waals surface area contributed by atoms with E-state index in [9.17, 15) is 4.79 Å². The van der Waals surface area contributed by atoms with E-state index in [0.29, 0.717) is 15.8 Å². The Morgan fingerprint density at radius 3 is 2.75 bits per heavy atom. The van der Waals surface area contributed by atoms with Crippen molar-refractivity contribution in [1.29, 1.82) is 0 Å². The molecule has 1 aromatic carbocycles. The van der Waals surface area contributed by atoms with Crippen LogP contribution in [0.1, 0.15) is 0 Å². The van der Waals surface area contributed by atoms with E-state index in [4.69, 9.17) is 27.9 Å². The molecule has 6 heteroatoms. The minimum Gasteiger partial charge on any atom is -0.450 e. The van der Waals surface area contributed by atoms with Gasteiger partial charge < -0.3 is 9.72 Å². The Labute approximate surface area is 101 Å². The fourth-order valence-electron chi connectivity index (χ4n) is 1.07. The third-order valence-corrected chi connectivity index (χ3v) is 2.54. The van der Waals surface area contributed by atoms with Gasteiger partial charge in [-0.1, -0.05) is 23.2 Å². The average Bonchev–Trinajstić information content (AvgIpc) is 2.27. The minimum absolute atomic E-state index is 0.0980. The number of hydrogen-bond donors (Lipinski definition) is 1. The molecular weight excluding hydrogens is 251 g/mol. The summed E-state index contributed by atoms with van der Waals surface area (Å²) in [5.74, 6) is 0.522. The molecule has 82 valence electrons. The highest BCUT2D eigenvalue weighted by Crippen LogP contribution is 2.28. The van der Waals surface area contributed by atoms with Crippen LogP contribution in [-0.4, -0.2) is 9.97 Å². The van der Waals surface area contributed by atoms with Crippen LogP contribution < -0.4 is 10.3 Å². The number of halogens is 2. The van der Waals surface area contributed by atoms with E-state index in [1.54, 1.807) is 12.1 Å². The molecule has 16 heavy (non-hydrogen) atoms. The Balaban J connectivity index is 2.31. The maximum Gasteiger partial charge on any atom is 0.293 e. The molecule has 4 nitrogen and oxygen atoms in total. The van der Waals surface area contributed by atoms with Crippen molar-refractivity contribution in [2.45, 2.75) is 0 Å². The average molecular weight is 257 g/mol. The molecule has 0 spiro atoms. The Morgan fingerprint density at radius 1 is 1.25 bits per heavy atom. The predicted octanol–water partition coefficient (Wildman–Crippen LogP) is 2.87. The summed E-state index contributed by atoms with van der Waals surface area (Å²) in [4.78, 5) is 17.4. The van der Waals surface area contributed by atoms with Crippen molar-refractivity contribution in [1.82, 2.24) is 9.97 Å². The largest absolute Gasteiger partial charge is 0.450 e. The van der Waals surface area contributed by atoms with Crippen LogP contribution in [0.15, 0.2) is 35.5 Å². The topological polar surface area (TPSA) is 55.0 Å². The molecule has 2 rings (SSSR count). The number of aromatic amines is 1. The summed E-state index contributed by atoms with van der Waals surface area (Å²) < 4.78 is 5.30. The van der Waals surface area contributed by atoms with Gasteiger partial charge in [0.1, 0.15) is 5.75 Å². The summed E-state index contributed by atoms with van der Waals surface area (Å²) >= 11 is 11.6. The monoisotopic (exact) mass is 256 g/mol. The molecule has 0 fully saturated rings. The maximum atomic E-state index is 11.3. The molecule has 0 amide bonds. The highest BCUT2D eigenvalue weighted by Gasteiger charge is 2.04. The molecule has 0 aliphatic heterocycles. The first-order chi connectivity index (χ1) is 7.66. The number of nitrogens with zero attached hydrogens (tertiary/aromatic N) is 1. The Hall–Kier alpha value is -1.52. The van der Waals surface area contributed by atoms with Gasteiger partial charge in [0, 0.05) is 6.07 Å². The molecule has 2 aromatic rings. The molecule has 0 saturated heterocycles. The number of ether oxygens (including phenoxy) is 1. The fourth-order valence-corrected chi connectivity index (χ4v) is 1.36. The summed E-state index contributed by atoms with van der Waals surface area (Å²) in [6.07, 6.45) is 2.60. The molecule has 0 aliphatic rings. The molecule has 1 heterocycles. The van der Waals surface area contributed by atoms with Crippen LogP contribution in [0.5, 0.6) is 11.5 Å². The van der Waals surface area contributed by atoms with Gasteiger partial charge in [-0.15, -0.1) is 0 Å². The molecule has 0 aliphatic carbocycles. The van der Waals surface area contributed by atoms with Crippen LogP contribution >= 0.6 is 23.2 Å². The van der Waals surface area contributed by atoms with Gasteiger partial charge in [-0.3, -0.25) is 4.79 Å². The van der Waals surface area contributed by atoms with E-state index >= 15 is 0 Å². The van der Waals surface area contributed by atoms with Gasteiger partial charge in [0.15, 0.2) is 0 Å². The van der Waals surface area contributed by atoms with Crippen molar-refractivity contribution < 1.29 is 4.74 Å². The van der Waals surface area contributed by atoms with E-state index in [2.05, 4.69) is 9.97 Å². The van der Waals surface area contributed by atoms with Crippen molar-refractivity contribution in [3.8, 4) is 11.5 Å². The van der Waals surface area contributed by atoms with Gasteiger partial charge in [-0.05, 0) is 12.1 Å². The third kappa shape index (κ3) is 2.35. The summed E-state index contributed by atoms with van der Waals surface area (Å²) in [7, 11) is 0. The number of benzene rings is 1. The lowest BCUT2D eigenvalue weighted by Gasteiger charge is -2.04. The first-order valence-electron chi connectivity index (χ1n) is 4.32. The van der Waals surface area contributed by atoms with Crippen molar-refractivity contribution >= 4 is 23.2 Å². The summed E-state index contributed by atoms with van der Waals surface area (Å²) in [5, 5.41) is 0.786. The lowest BCUT2D eigenvalue weighted by atomic mass is 10.3. The molecule has 1 N–H and O–H groups in total. The molecule has 0 saturated carbocycles. The number of aromatic nitrogens is 2. The van der Waals surface area contributed by atoms with Gasteiger partial charge in [0.25, 0.3) is 5.56 Å². The third-order valence-electron chi connectivity index (χ3n) is 1.80. The molecule has 0 bridgehead atoms. The number of rotatable bonds is 2. The van der Waals surface area contributed by atoms with Gasteiger partial charge >= 0.3 is 0 Å². The SMILES string of the molecule is O=c1[nH]cncc1Oc1ccc(Cl)c(Cl)c1. The fraction of sp³-hybridized carbons (Fsp3) is 0. The quantitative estimate of drug-likeness (QED) is 0.899. The van der Waals surface area contributed by atoms with E-state index < -0.39 is 0 Å². The van der Waals surface area contributed by atoms with Crippen molar-refractivity contribution in [3.63, 3.8) is 0 Å². The Bertz CT molecular complexity index is 569. The number of hydrogen-bond acceptors (Lipinski definition) is 3. The second-order valence-corrected chi connectivity index (χ2v) is 3.74. The maximum absolute atomic E-state index is 11.3. The first kappa shape index (κ1) is 11.0. The van der Waals surface area contributed by atoms with Crippen LogP contribution in [0, 0.1) is 0 Å². The molecule has 0 radical (unpaired) electrons. The van der Waals surface area contributed by atoms with Crippen molar-refractivity contribution in [3.05, 3.63) is 51.1 Å². The second-order valence-electron chi connectivity index (χ2n) is 2.92. The summed E-state index contributed by atoms with van der Waals surface area (Å²) in [6.45, 7) is 0.